The quantitative estimate of drug-likeness (QED) is 0.0263. The molecule has 0 amide bonds. The molecule has 1 atom stereocenters. The number of esters is 3. The molecule has 0 aliphatic heterocycles. The summed E-state index contributed by atoms with van der Waals surface area (Å²) in [5.74, 6) is -0.974. The van der Waals surface area contributed by atoms with Crippen LogP contribution in [-0.4, -0.2) is 37.2 Å². The second-order valence-electron chi connectivity index (χ2n) is 16.2. The van der Waals surface area contributed by atoms with E-state index in [1.807, 2.05) is 72.9 Å². The fourth-order valence-electron chi connectivity index (χ4n) is 6.48. The standard InChI is InChI=1S/C56H90O6/c1-4-7-10-13-16-19-22-25-26-27-28-29-32-34-37-40-43-46-49-55(58)61-52-53(62-56(59)50-47-44-41-38-35-31-24-21-18-15-12-9-6-3)51-60-54(57)48-45-42-39-36-33-30-23-20-17-14-11-8-5-2/h9-10,12-13,15-16,18-19,21-22,24-29,31,35,53H,4-8,11,14,17,20,23,30,32-34,36-52H2,1-3H3/b12-9-,13-10-,18-15-,19-16-,24-21-,25-22-,27-26-,29-28-,35-31-. The Labute approximate surface area is 380 Å². The highest BCUT2D eigenvalue weighted by Gasteiger charge is 2.19. The zero-order chi connectivity index (χ0) is 45.1. The Balaban J connectivity index is 4.50. The number of ether oxygens (including phenoxy) is 3. The first-order chi connectivity index (χ1) is 30.5. The lowest BCUT2D eigenvalue weighted by atomic mass is 10.0. The molecular weight excluding hydrogens is 769 g/mol. The molecule has 0 rings (SSSR count). The molecule has 62 heavy (non-hydrogen) atoms. The average molecular weight is 859 g/mol. The van der Waals surface area contributed by atoms with Crippen molar-refractivity contribution in [3.63, 3.8) is 0 Å². The summed E-state index contributed by atoms with van der Waals surface area (Å²) in [5, 5.41) is 0. The van der Waals surface area contributed by atoms with Crippen molar-refractivity contribution in [2.45, 2.75) is 213 Å². The molecule has 0 N–H and O–H groups in total. The number of rotatable bonds is 43. The molecule has 0 radical (unpaired) electrons. The van der Waals surface area contributed by atoms with Crippen LogP contribution in [0.15, 0.2) is 109 Å². The van der Waals surface area contributed by atoms with Crippen LogP contribution < -0.4 is 0 Å². The zero-order valence-corrected chi connectivity index (χ0v) is 39.8. The van der Waals surface area contributed by atoms with Crippen LogP contribution in [-0.2, 0) is 28.6 Å². The van der Waals surface area contributed by atoms with Crippen LogP contribution in [0.5, 0.6) is 0 Å². The fraction of sp³-hybridized carbons (Fsp3) is 0.625. The summed E-state index contributed by atoms with van der Waals surface area (Å²) in [6, 6.07) is 0. The first kappa shape index (κ1) is 58.1. The number of unbranched alkanes of at least 4 members (excludes halogenated alkanes) is 21. The van der Waals surface area contributed by atoms with Gasteiger partial charge in [0.1, 0.15) is 13.2 Å². The molecule has 0 bridgehead atoms. The van der Waals surface area contributed by atoms with Crippen molar-refractivity contribution >= 4 is 17.9 Å². The summed E-state index contributed by atoms with van der Waals surface area (Å²) in [6.07, 6.45) is 66.3. The van der Waals surface area contributed by atoms with E-state index in [0.29, 0.717) is 19.3 Å². The number of carbonyl (C=O) groups excluding carboxylic acids is 3. The van der Waals surface area contributed by atoms with E-state index in [4.69, 9.17) is 14.2 Å². The van der Waals surface area contributed by atoms with Gasteiger partial charge in [0.05, 0.1) is 0 Å². The molecule has 0 aromatic carbocycles. The summed E-state index contributed by atoms with van der Waals surface area (Å²) < 4.78 is 16.7. The van der Waals surface area contributed by atoms with Gasteiger partial charge in [-0.25, -0.2) is 0 Å². The summed E-state index contributed by atoms with van der Waals surface area (Å²) in [7, 11) is 0. The van der Waals surface area contributed by atoms with E-state index < -0.39 is 6.10 Å². The van der Waals surface area contributed by atoms with Crippen LogP contribution in [0.25, 0.3) is 0 Å². The van der Waals surface area contributed by atoms with Crippen molar-refractivity contribution in [1.29, 1.82) is 0 Å². The molecule has 350 valence electrons. The van der Waals surface area contributed by atoms with Gasteiger partial charge in [-0.3, -0.25) is 14.4 Å². The van der Waals surface area contributed by atoms with Crippen LogP contribution in [0.4, 0.5) is 0 Å². The number of hydrogen-bond donors (Lipinski definition) is 0. The summed E-state index contributed by atoms with van der Waals surface area (Å²) in [4.78, 5) is 37.9. The maximum absolute atomic E-state index is 12.8. The van der Waals surface area contributed by atoms with Crippen molar-refractivity contribution in [2.75, 3.05) is 13.2 Å². The predicted octanol–water partition coefficient (Wildman–Crippen LogP) is 16.4. The van der Waals surface area contributed by atoms with Gasteiger partial charge in [0.15, 0.2) is 6.10 Å². The number of hydrogen-bond acceptors (Lipinski definition) is 6. The van der Waals surface area contributed by atoms with Gasteiger partial charge in [0.2, 0.25) is 0 Å². The first-order valence-electron chi connectivity index (χ1n) is 25.0. The third kappa shape index (κ3) is 47.1. The van der Waals surface area contributed by atoms with Crippen molar-refractivity contribution in [3.8, 4) is 0 Å². The minimum atomic E-state index is -0.809. The SMILES string of the molecule is CC\C=C/C=C\C=C/C=C\CCCCCC(=O)OC(COC(=O)CCCCCCC\C=C/C=C\C=C/C=C\C=C/CCC)COC(=O)CCCCCCCCCCCCCCC. The Morgan fingerprint density at radius 3 is 1.06 bits per heavy atom. The fourth-order valence-corrected chi connectivity index (χ4v) is 6.48. The molecule has 0 heterocycles. The minimum Gasteiger partial charge on any atom is -0.462 e. The van der Waals surface area contributed by atoms with E-state index in [0.717, 1.165) is 89.9 Å². The molecule has 6 heteroatoms. The molecule has 0 aliphatic rings. The van der Waals surface area contributed by atoms with Gasteiger partial charge in [-0.05, 0) is 57.8 Å². The largest absolute Gasteiger partial charge is 0.462 e. The highest BCUT2D eigenvalue weighted by atomic mass is 16.6. The highest BCUT2D eigenvalue weighted by Crippen LogP contribution is 2.14. The van der Waals surface area contributed by atoms with Crippen molar-refractivity contribution in [1.82, 2.24) is 0 Å². The molecule has 0 aliphatic carbocycles. The van der Waals surface area contributed by atoms with Crippen molar-refractivity contribution < 1.29 is 28.6 Å². The first-order valence-corrected chi connectivity index (χ1v) is 25.0. The molecule has 6 nitrogen and oxygen atoms in total. The van der Waals surface area contributed by atoms with Crippen LogP contribution >= 0.6 is 0 Å². The molecule has 0 spiro atoms. The Kier molecular flexibility index (Phi) is 46.6. The number of allylic oxidation sites excluding steroid dienone is 18. The maximum Gasteiger partial charge on any atom is 0.306 e. The summed E-state index contributed by atoms with van der Waals surface area (Å²) in [6.45, 7) is 6.34. The lowest BCUT2D eigenvalue weighted by Gasteiger charge is -2.18. The van der Waals surface area contributed by atoms with Gasteiger partial charge >= 0.3 is 17.9 Å². The van der Waals surface area contributed by atoms with Crippen LogP contribution in [0, 0.1) is 0 Å². The summed E-state index contributed by atoms with van der Waals surface area (Å²) in [5.41, 5.74) is 0. The third-order valence-electron chi connectivity index (χ3n) is 10.2. The normalized spacial score (nSPS) is 13.0. The Hall–Kier alpha value is -3.93. The maximum atomic E-state index is 12.8. The van der Waals surface area contributed by atoms with E-state index in [1.165, 1.54) is 70.6 Å². The lowest BCUT2D eigenvalue weighted by Crippen LogP contribution is -2.30. The molecule has 0 aromatic heterocycles. The molecule has 1 unspecified atom stereocenters. The molecule has 0 saturated heterocycles. The molecule has 0 fully saturated rings. The smallest absolute Gasteiger partial charge is 0.306 e. The lowest BCUT2D eigenvalue weighted by molar-refractivity contribution is -0.167. The topological polar surface area (TPSA) is 78.9 Å². The van der Waals surface area contributed by atoms with E-state index in [2.05, 4.69) is 57.2 Å². The molecule has 0 aromatic rings. The van der Waals surface area contributed by atoms with E-state index in [9.17, 15) is 14.4 Å². The average Bonchev–Trinajstić information content (AvgIpc) is 3.27. The van der Waals surface area contributed by atoms with Gasteiger partial charge in [-0.15, -0.1) is 0 Å². The second kappa shape index (κ2) is 49.7. The van der Waals surface area contributed by atoms with Gasteiger partial charge in [-0.1, -0.05) is 239 Å². The van der Waals surface area contributed by atoms with Gasteiger partial charge in [0.25, 0.3) is 0 Å². The third-order valence-corrected chi connectivity index (χ3v) is 10.2. The molecular formula is C56H90O6. The van der Waals surface area contributed by atoms with Gasteiger partial charge < -0.3 is 14.2 Å². The van der Waals surface area contributed by atoms with Crippen molar-refractivity contribution in [2.24, 2.45) is 0 Å². The number of carbonyl (C=O) groups is 3. The Bertz CT molecular complexity index is 1310. The van der Waals surface area contributed by atoms with E-state index in [-0.39, 0.29) is 37.5 Å². The zero-order valence-electron chi connectivity index (χ0n) is 39.8. The van der Waals surface area contributed by atoms with Gasteiger partial charge in [0, 0.05) is 19.3 Å². The predicted molar refractivity (Wildman–Crippen MR) is 265 cm³/mol. The summed E-state index contributed by atoms with van der Waals surface area (Å²) >= 11 is 0. The minimum absolute atomic E-state index is 0.103. The van der Waals surface area contributed by atoms with Gasteiger partial charge in [-0.2, -0.15) is 0 Å². The Morgan fingerprint density at radius 1 is 0.339 bits per heavy atom. The highest BCUT2D eigenvalue weighted by molar-refractivity contribution is 5.71. The van der Waals surface area contributed by atoms with E-state index in [1.54, 1.807) is 0 Å². The van der Waals surface area contributed by atoms with Crippen LogP contribution in [0.1, 0.15) is 207 Å². The van der Waals surface area contributed by atoms with E-state index >= 15 is 0 Å². The molecule has 0 saturated carbocycles. The van der Waals surface area contributed by atoms with Crippen molar-refractivity contribution in [3.05, 3.63) is 109 Å². The van der Waals surface area contributed by atoms with Crippen LogP contribution in [0.2, 0.25) is 0 Å². The Morgan fingerprint density at radius 2 is 0.661 bits per heavy atom. The second-order valence-corrected chi connectivity index (χ2v) is 16.2. The van der Waals surface area contributed by atoms with Crippen LogP contribution in [0.3, 0.4) is 0 Å². The monoisotopic (exact) mass is 859 g/mol.